The number of benzene rings is 2. The topological polar surface area (TPSA) is 83.8 Å². The van der Waals surface area contributed by atoms with E-state index in [1.54, 1.807) is 42.1 Å². The number of fused-ring (bicyclic) bond motifs is 1. The van der Waals surface area contributed by atoms with E-state index in [1.807, 2.05) is 30.3 Å². The SMILES string of the molecule is Cn1c2cc(-c3ccc(O)cc3)c(C#N)nc2c(=O)n1-c1ccccc1. The minimum absolute atomic E-state index is 0.143. The fraction of sp³-hybridized carbons (Fsp3) is 0.0500. The molecule has 0 spiro atoms. The third-order valence-corrected chi connectivity index (χ3v) is 4.33. The van der Waals surface area contributed by atoms with Crippen LogP contribution in [0.15, 0.2) is 65.5 Å². The molecule has 0 unspecified atom stereocenters. The number of aromatic hydroxyl groups is 1. The summed E-state index contributed by atoms with van der Waals surface area (Å²) >= 11 is 0. The summed E-state index contributed by atoms with van der Waals surface area (Å²) in [6.45, 7) is 0. The zero-order chi connectivity index (χ0) is 18.3. The van der Waals surface area contributed by atoms with Gasteiger partial charge in [0.1, 0.15) is 17.5 Å². The van der Waals surface area contributed by atoms with E-state index >= 15 is 0 Å². The van der Waals surface area contributed by atoms with Crippen molar-refractivity contribution in [3.05, 3.63) is 76.7 Å². The third kappa shape index (κ3) is 2.34. The van der Waals surface area contributed by atoms with Crippen LogP contribution in [0.1, 0.15) is 5.69 Å². The van der Waals surface area contributed by atoms with E-state index in [2.05, 4.69) is 11.1 Å². The van der Waals surface area contributed by atoms with Crippen LogP contribution in [0.4, 0.5) is 0 Å². The smallest absolute Gasteiger partial charge is 0.297 e. The molecule has 0 aliphatic carbocycles. The quantitative estimate of drug-likeness (QED) is 0.607. The predicted molar refractivity (Wildman–Crippen MR) is 98.1 cm³/mol. The first-order chi connectivity index (χ1) is 12.6. The molecule has 26 heavy (non-hydrogen) atoms. The standard InChI is InChI=1S/C20H14N4O2/c1-23-18-11-16(13-7-9-15(25)10-8-13)17(12-21)22-19(18)20(26)24(23)14-5-3-2-4-6-14/h2-11,25H,1H3. The van der Waals surface area contributed by atoms with Gasteiger partial charge in [-0.3, -0.25) is 9.48 Å². The Bertz CT molecular complexity index is 1210. The first-order valence-electron chi connectivity index (χ1n) is 7.98. The van der Waals surface area contributed by atoms with Crippen molar-refractivity contribution >= 4 is 11.0 Å². The molecule has 0 atom stereocenters. The van der Waals surface area contributed by atoms with Gasteiger partial charge in [0, 0.05) is 12.6 Å². The normalized spacial score (nSPS) is 10.8. The van der Waals surface area contributed by atoms with E-state index in [0.29, 0.717) is 11.1 Å². The van der Waals surface area contributed by atoms with Crippen molar-refractivity contribution in [3.63, 3.8) is 0 Å². The molecule has 0 bridgehead atoms. The van der Waals surface area contributed by atoms with Crippen LogP contribution in [0, 0.1) is 11.3 Å². The lowest BCUT2D eigenvalue weighted by Crippen LogP contribution is -2.19. The number of nitrogens with zero attached hydrogens (tertiary/aromatic N) is 4. The molecule has 6 nitrogen and oxygen atoms in total. The van der Waals surface area contributed by atoms with Crippen molar-refractivity contribution in [2.75, 3.05) is 0 Å². The zero-order valence-corrected chi connectivity index (χ0v) is 13.9. The maximum atomic E-state index is 12.8. The van der Waals surface area contributed by atoms with Crippen LogP contribution < -0.4 is 5.56 Å². The van der Waals surface area contributed by atoms with Gasteiger partial charge in [0.15, 0.2) is 5.52 Å². The van der Waals surface area contributed by atoms with Crippen molar-refractivity contribution in [1.82, 2.24) is 14.3 Å². The first-order valence-corrected chi connectivity index (χ1v) is 7.98. The minimum Gasteiger partial charge on any atom is -0.508 e. The summed E-state index contributed by atoms with van der Waals surface area (Å²) in [5, 5.41) is 19.0. The van der Waals surface area contributed by atoms with Gasteiger partial charge in [-0.15, -0.1) is 0 Å². The van der Waals surface area contributed by atoms with Gasteiger partial charge in [-0.25, -0.2) is 9.67 Å². The Kier molecular flexibility index (Phi) is 3.55. The molecule has 0 saturated heterocycles. The number of rotatable bonds is 2. The molecular formula is C20H14N4O2. The Morgan fingerprint density at radius 3 is 2.42 bits per heavy atom. The summed E-state index contributed by atoms with van der Waals surface area (Å²) < 4.78 is 3.25. The fourth-order valence-electron chi connectivity index (χ4n) is 3.06. The molecular weight excluding hydrogens is 328 g/mol. The number of phenolic OH excluding ortho intramolecular Hbond substituents is 1. The molecule has 4 aromatic rings. The van der Waals surface area contributed by atoms with Crippen LogP contribution in [0.25, 0.3) is 27.8 Å². The van der Waals surface area contributed by atoms with Crippen molar-refractivity contribution < 1.29 is 5.11 Å². The van der Waals surface area contributed by atoms with Crippen molar-refractivity contribution in [1.29, 1.82) is 5.26 Å². The van der Waals surface area contributed by atoms with Crippen molar-refractivity contribution in [2.45, 2.75) is 0 Å². The zero-order valence-electron chi connectivity index (χ0n) is 13.9. The molecule has 0 aliphatic rings. The average molecular weight is 342 g/mol. The highest BCUT2D eigenvalue weighted by Crippen LogP contribution is 2.27. The largest absolute Gasteiger partial charge is 0.508 e. The van der Waals surface area contributed by atoms with E-state index in [9.17, 15) is 15.2 Å². The van der Waals surface area contributed by atoms with E-state index in [-0.39, 0.29) is 22.5 Å². The Labute approximate surface area is 148 Å². The Morgan fingerprint density at radius 2 is 1.77 bits per heavy atom. The third-order valence-electron chi connectivity index (χ3n) is 4.33. The first kappa shape index (κ1) is 15.7. The molecule has 0 saturated carbocycles. The van der Waals surface area contributed by atoms with E-state index in [0.717, 1.165) is 11.3 Å². The molecule has 6 heteroatoms. The molecule has 126 valence electrons. The molecule has 0 amide bonds. The van der Waals surface area contributed by atoms with Gasteiger partial charge < -0.3 is 5.11 Å². The Hall–Kier alpha value is -3.85. The maximum absolute atomic E-state index is 12.8. The summed E-state index contributed by atoms with van der Waals surface area (Å²) in [6.07, 6.45) is 0. The van der Waals surface area contributed by atoms with Gasteiger partial charge in [-0.1, -0.05) is 30.3 Å². The van der Waals surface area contributed by atoms with Crippen LogP contribution in [0.5, 0.6) is 5.75 Å². The number of para-hydroxylation sites is 1. The second-order valence-electron chi connectivity index (χ2n) is 5.89. The highest BCUT2D eigenvalue weighted by molar-refractivity contribution is 5.84. The monoisotopic (exact) mass is 342 g/mol. The molecule has 0 fully saturated rings. The summed E-state index contributed by atoms with van der Waals surface area (Å²) in [7, 11) is 1.78. The van der Waals surface area contributed by atoms with Crippen LogP contribution in [0.3, 0.4) is 0 Å². The highest BCUT2D eigenvalue weighted by atomic mass is 16.3. The summed E-state index contributed by atoms with van der Waals surface area (Å²) in [5.74, 6) is 0.143. The highest BCUT2D eigenvalue weighted by Gasteiger charge is 2.17. The van der Waals surface area contributed by atoms with E-state index in [4.69, 9.17) is 0 Å². The van der Waals surface area contributed by atoms with Gasteiger partial charge in [0.2, 0.25) is 0 Å². The molecule has 1 N–H and O–H groups in total. The van der Waals surface area contributed by atoms with Crippen LogP contribution in [0.2, 0.25) is 0 Å². The Balaban J connectivity index is 2.03. The molecule has 2 aromatic carbocycles. The van der Waals surface area contributed by atoms with Crippen molar-refractivity contribution in [2.24, 2.45) is 7.05 Å². The summed E-state index contributed by atoms with van der Waals surface area (Å²) in [5.41, 5.74) is 2.85. The van der Waals surface area contributed by atoms with E-state index in [1.165, 1.54) is 4.68 Å². The van der Waals surface area contributed by atoms with Crippen molar-refractivity contribution in [3.8, 4) is 28.6 Å². The van der Waals surface area contributed by atoms with Crippen LogP contribution in [-0.2, 0) is 7.05 Å². The predicted octanol–water partition coefficient (Wildman–Crippen LogP) is 2.97. The summed E-state index contributed by atoms with van der Waals surface area (Å²) in [6, 6.07) is 19.7. The Morgan fingerprint density at radius 1 is 1.08 bits per heavy atom. The number of hydrogen-bond acceptors (Lipinski definition) is 4. The molecule has 0 radical (unpaired) electrons. The van der Waals surface area contributed by atoms with Gasteiger partial charge in [0.05, 0.1) is 11.2 Å². The lowest BCUT2D eigenvalue weighted by Gasteiger charge is -2.08. The number of phenols is 1. The lowest BCUT2D eigenvalue weighted by molar-refractivity contribution is 0.475. The maximum Gasteiger partial charge on any atom is 0.297 e. The molecule has 2 aromatic heterocycles. The summed E-state index contributed by atoms with van der Waals surface area (Å²) in [4.78, 5) is 17.2. The van der Waals surface area contributed by atoms with E-state index < -0.39 is 0 Å². The number of aryl methyl sites for hydroxylation is 1. The fourth-order valence-corrected chi connectivity index (χ4v) is 3.06. The van der Waals surface area contributed by atoms with Gasteiger partial charge in [-0.05, 0) is 35.9 Å². The molecule has 2 heterocycles. The second-order valence-corrected chi connectivity index (χ2v) is 5.89. The van der Waals surface area contributed by atoms with Gasteiger partial charge in [0.25, 0.3) is 5.56 Å². The number of nitriles is 1. The lowest BCUT2D eigenvalue weighted by atomic mass is 10.0. The molecule has 4 rings (SSSR count). The number of pyridine rings is 1. The molecule has 0 aliphatic heterocycles. The van der Waals surface area contributed by atoms with Crippen LogP contribution >= 0.6 is 0 Å². The average Bonchev–Trinajstić information content (AvgIpc) is 2.92. The van der Waals surface area contributed by atoms with Gasteiger partial charge >= 0.3 is 0 Å². The van der Waals surface area contributed by atoms with Crippen LogP contribution in [-0.4, -0.2) is 19.5 Å². The number of aromatic nitrogens is 3. The minimum atomic E-state index is -0.276. The second kappa shape index (κ2) is 5.90. The number of hydrogen-bond donors (Lipinski definition) is 1. The van der Waals surface area contributed by atoms with Gasteiger partial charge in [-0.2, -0.15) is 5.26 Å².